The second kappa shape index (κ2) is 7.41. The number of halogens is 1. The summed E-state index contributed by atoms with van der Waals surface area (Å²) >= 11 is 0. The van der Waals surface area contributed by atoms with Crippen molar-refractivity contribution in [2.24, 2.45) is 11.7 Å². The summed E-state index contributed by atoms with van der Waals surface area (Å²) in [7, 11) is 0. The first-order valence-electron chi connectivity index (χ1n) is 8.24. The molecule has 1 aromatic heterocycles. The lowest BCUT2D eigenvalue weighted by atomic mass is 10.1. The van der Waals surface area contributed by atoms with Crippen molar-refractivity contribution in [1.82, 2.24) is 14.5 Å². The maximum Gasteiger partial charge on any atom is 0.328 e. The maximum absolute atomic E-state index is 12.8. The van der Waals surface area contributed by atoms with Gasteiger partial charge in [0.25, 0.3) is 11.5 Å². The minimum atomic E-state index is -0.461. The zero-order valence-corrected chi connectivity index (χ0v) is 15.1. The maximum atomic E-state index is 12.8. The molecule has 2 unspecified atom stereocenters. The molecule has 0 radical (unpaired) electrons. The number of nitrogens with one attached hydrogen (secondary N) is 1. The average molecular weight is 367 g/mol. The normalized spacial score (nSPS) is 19.9. The summed E-state index contributed by atoms with van der Waals surface area (Å²) in [6, 6.07) is 4.97. The Labute approximate surface area is 151 Å². The molecule has 0 aliphatic carbocycles. The number of H-pyrrole nitrogens is 1. The molecule has 8 heteroatoms. The van der Waals surface area contributed by atoms with Crippen LogP contribution in [0.1, 0.15) is 30.6 Å². The van der Waals surface area contributed by atoms with Gasteiger partial charge in [0.1, 0.15) is 0 Å². The SMILES string of the molecule is CCn1c(=O)[nH]c2cc(C(=O)N3CC(CN)CC3C)ccc2c1=O.Cl. The Hall–Kier alpha value is -2.12. The highest BCUT2D eigenvalue weighted by molar-refractivity contribution is 5.98. The van der Waals surface area contributed by atoms with E-state index in [0.717, 1.165) is 11.0 Å². The van der Waals surface area contributed by atoms with Crippen molar-refractivity contribution < 1.29 is 4.79 Å². The fourth-order valence-electron chi connectivity index (χ4n) is 3.44. The molecule has 3 rings (SSSR count). The van der Waals surface area contributed by atoms with Crippen LogP contribution in [0, 0.1) is 5.92 Å². The first-order valence-corrected chi connectivity index (χ1v) is 8.24. The number of carbonyl (C=O) groups is 1. The van der Waals surface area contributed by atoms with Crippen molar-refractivity contribution in [3.63, 3.8) is 0 Å². The van der Waals surface area contributed by atoms with Crippen molar-refractivity contribution in [2.75, 3.05) is 13.1 Å². The second-order valence-electron chi connectivity index (χ2n) is 6.38. The van der Waals surface area contributed by atoms with Gasteiger partial charge in [0.2, 0.25) is 0 Å². The Morgan fingerprint density at radius 3 is 2.68 bits per heavy atom. The average Bonchev–Trinajstić information content (AvgIpc) is 2.95. The van der Waals surface area contributed by atoms with Crippen LogP contribution in [0.2, 0.25) is 0 Å². The largest absolute Gasteiger partial charge is 0.336 e. The highest BCUT2D eigenvalue weighted by Gasteiger charge is 2.32. The van der Waals surface area contributed by atoms with Crippen LogP contribution in [0.5, 0.6) is 0 Å². The van der Waals surface area contributed by atoms with E-state index in [0.29, 0.717) is 42.0 Å². The highest BCUT2D eigenvalue weighted by atomic mass is 35.5. The lowest BCUT2D eigenvalue weighted by molar-refractivity contribution is 0.0743. The molecule has 0 spiro atoms. The molecule has 7 nitrogen and oxygen atoms in total. The zero-order valence-electron chi connectivity index (χ0n) is 14.3. The standard InChI is InChI=1S/C17H22N4O3.ClH/c1-3-20-16(23)13-5-4-12(7-14(13)19-17(20)24)15(22)21-9-11(8-18)6-10(21)2;/h4-5,7,10-11H,3,6,8-9,18H2,1-2H3,(H,19,24);1H. The lowest BCUT2D eigenvalue weighted by Crippen LogP contribution is -2.35. The summed E-state index contributed by atoms with van der Waals surface area (Å²) in [5.74, 6) is 0.224. The van der Waals surface area contributed by atoms with Crippen molar-refractivity contribution in [3.05, 3.63) is 44.6 Å². The fraction of sp³-hybridized carbons (Fsp3) is 0.471. The van der Waals surface area contributed by atoms with E-state index >= 15 is 0 Å². The van der Waals surface area contributed by atoms with Crippen molar-refractivity contribution in [1.29, 1.82) is 0 Å². The van der Waals surface area contributed by atoms with Crippen LogP contribution in [0.25, 0.3) is 10.9 Å². The Bertz CT molecular complexity index is 905. The van der Waals surface area contributed by atoms with Crippen molar-refractivity contribution in [2.45, 2.75) is 32.9 Å². The Balaban J connectivity index is 0.00000225. The molecule has 1 saturated heterocycles. The molecule has 25 heavy (non-hydrogen) atoms. The first kappa shape index (κ1) is 19.2. The zero-order chi connectivity index (χ0) is 17.4. The van der Waals surface area contributed by atoms with E-state index in [9.17, 15) is 14.4 Å². The Morgan fingerprint density at radius 1 is 1.36 bits per heavy atom. The second-order valence-corrected chi connectivity index (χ2v) is 6.38. The number of hydrogen-bond acceptors (Lipinski definition) is 4. The predicted octanol–water partition coefficient (Wildman–Crippen LogP) is 0.941. The predicted molar refractivity (Wildman–Crippen MR) is 99.4 cm³/mol. The smallest absolute Gasteiger partial charge is 0.328 e. The molecule has 1 fully saturated rings. The Morgan fingerprint density at radius 2 is 2.08 bits per heavy atom. The summed E-state index contributed by atoms with van der Waals surface area (Å²) in [5.41, 5.74) is 5.78. The number of benzene rings is 1. The van der Waals surface area contributed by atoms with E-state index in [-0.39, 0.29) is 29.9 Å². The number of carbonyl (C=O) groups excluding carboxylic acids is 1. The van der Waals surface area contributed by atoms with Gasteiger partial charge in [-0.2, -0.15) is 0 Å². The van der Waals surface area contributed by atoms with Gasteiger partial charge < -0.3 is 15.6 Å². The van der Waals surface area contributed by atoms with Crippen LogP contribution in [-0.4, -0.2) is 39.5 Å². The highest BCUT2D eigenvalue weighted by Crippen LogP contribution is 2.24. The van der Waals surface area contributed by atoms with E-state index in [1.165, 1.54) is 0 Å². The molecule has 1 amide bonds. The molecule has 1 aliphatic rings. The molecule has 1 aromatic carbocycles. The summed E-state index contributed by atoms with van der Waals surface area (Å²) in [6.07, 6.45) is 0.897. The first-order chi connectivity index (χ1) is 11.5. The third-order valence-corrected chi connectivity index (χ3v) is 4.80. The Kier molecular flexibility index (Phi) is 5.69. The van der Waals surface area contributed by atoms with Crippen LogP contribution in [0.15, 0.2) is 27.8 Å². The van der Waals surface area contributed by atoms with Crippen LogP contribution >= 0.6 is 12.4 Å². The molecular weight excluding hydrogens is 344 g/mol. The van der Waals surface area contributed by atoms with Gasteiger partial charge in [0.05, 0.1) is 10.9 Å². The van der Waals surface area contributed by atoms with E-state index in [1.807, 2.05) is 11.8 Å². The number of aromatic amines is 1. The summed E-state index contributed by atoms with van der Waals surface area (Å²) in [4.78, 5) is 41.5. The van der Waals surface area contributed by atoms with Gasteiger partial charge in [-0.25, -0.2) is 4.79 Å². The molecule has 2 aromatic rings. The van der Waals surface area contributed by atoms with Crippen molar-refractivity contribution >= 4 is 29.2 Å². The molecule has 3 N–H and O–H groups in total. The number of amides is 1. The van der Waals surface area contributed by atoms with Crippen LogP contribution in [-0.2, 0) is 6.54 Å². The summed E-state index contributed by atoms with van der Waals surface area (Å²) in [6.45, 7) is 5.26. The molecule has 136 valence electrons. The van der Waals surface area contributed by atoms with E-state index in [2.05, 4.69) is 4.98 Å². The minimum absolute atomic E-state index is 0. The van der Waals surface area contributed by atoms with E-state index in [1.54, 1.807) is 25.1 Å². The lowest BCUT2D eigenvalue weighted by Gasteiger charge is -2.21. The molecular formula is C17H23ClN4O3. The van der Waals surface area contributed by atoms with E-state index < -0.39 is 5.69 Å². The van der Waals surface area contributed by atoms with Crippen molar-refractivity contribution in [3.8, 4) is 0 Å². The number of fused-ring (bicyclic) bond motifs is 1. The quantitative estimate of drug-likeness (QED) is 0.844. The number of aromatic nitrogens is 2. The van der Waals surface area contributed by atoms with Gasteiger partial charge in [-0.05, 0) is 50.9 Å². The van der Waals surface area contributed by atoms with Gasteiger partial charge in [-0.15, -0.1) is 12.4 Å². The number of nitrogens with two attached hydrogens (primary N) is 1. The van der Waals surface area contributed by atoms with Crippen LogP contribution in [0.4, 0.5) is 0 Å². The fourth-order valence-corrected chi connectivity index (χ4v) is 3.44. The topological polar surface area (TPSA) is 101 Å². The number of nitrogens with zero attached hydrogens (tertiary/aromatic N) is 2. The van der Waals surface area contributed by atoms with Gasteiger partial charge in [-0.1, -0.05) is 0 Å². The molecule has 0 saturated carbocycles. The number of likely N-dealkylation sites (tertiary alicyclic amines) is 1. The monoisotopic (exact) mass is 366 g/mol. The van der Waals surface area contributed by atoms with E-state index in [4.69, 9.17) is 5.73 Å². The minimum Gasteiger partial charge on any atom is -0.336 e. The number of hydrogen-bond donors (Lipinski definition) is 2. The van der Waals surface area contributed by atoms with Crippen LogP contribution < -0.4 is 17.0 Å². The van der Waals surface area contributed by atoms with Gasteiger partial charge in [0, 0.05) is 24.7 Å². The number of rotatable bonds is 3. The van der Waals surface area contributed by atoms with Gasteiger partial charge in [0.15, 0.2) is 0 Å². The van der Waals surface area contributed by atoms with Gasteiger partial charge in [-0.3, -0.25) is 14.2 Å². The molecule has 0 bridgehead atoms. The van der Waals surface area contributed by atoms with Gasteiger partial charge >= 0.3 is 5.69 Å². The third-order valence-electron chi connectivity index (χ3n) is 4.80. The summed E-state index contributed by atoms with van der Waals surface area (Å²) in [5, 5.41) is 0.405. The molecule has 2 heterocycles. The summed E-state index contributed by atoms with van der Waals surface area (Å²) < 4.78 is 1.14. The molecule has 2 atom stereocenters. The molecule has 1 aliphatic heterocycles. The third kappa shape index (κ3) is 3.34. The van der Waals surface area contributed by atoms with Crippen LogP contribution in [0.3, 0.4) is 0 Å².